The third-order valence-corrected chi connectivity index (χ3v) is 4.50. The van der Waals surface area contributed by atoms with Crippen LogP contribution < -0.4 is 16.0 Å². The van der Waals surface area contributed by atoms with Crippen LogP contribution in [0.1, 0.15) is 23.0 Å². The number of nitrogens with two attached hydrogens (primary N) is 2. The Morgan fingerprint density at radius 2 is 1.93 bits per heavy atom. The number of ether oxygens (including phenoxy) is 2. The van der Waals surface area contributed by atoms with Crippen molar-refractivity contribution in [2.24, 2.45) is 11.5 Å². The van der Waals surface area contributed by atoms with Crippen LogP contribution in [0.4, 0.5) is 0 Å². The number of carbonyl (C=O) groups excluding carboxylic acids is 3. The van der Waals surface area contributed by atoms with Crippen molar-refractivity contribution < 1.29 is 57.5 Å². The monoisotopic (exact) mass is 450 g/mol. The summed E-state index contributed by atoms with van der Waals surface area (Å²) in [6.45, 7) is -0.701. The number of rotatable bonds is 8. The van der Waals surface area contributed by atoms with Crippen LogP contribution in [0.5, 0.6) is 0 Å². The average Bonchev–Trinajstić information content (AvgIpc) is 2.93. The lowest BCUT2D eigenvalue weighted by Gasteiger charge is -2.13. The SMILES string of the molecule is NC(=O)C[C@H](N)C(=O)OC(=O)c1ccc[n+]([C@@H]2O[C@H](COP(=O)(O)O)[C@@H](O)[C@H]2O)c1. The van der Waals surface area contributed by atoms with Crippen LogP contribution >= 0.6 is 7.82 Å². The molecule has 8 N–H and O–H groups in total. The normalized spacial score (nSPS) is 25.0. The minimum Gasteiger partial charge on any atom is -0.388 e. The predicted molar refractivity (Wildman–Crippen MR) is 92.8 cm³/mol. The van der Waals surface area contributed by atoms with Gasteiger partial charge in [0.05, 0.1) is 13.0 Å². The van der Waals surface area contributed by atoms with E-state index in [1.54, 1.807) is 0 Å². The summed E-state index contributed by atoms with van der Waals surface area (Å²) in [5.41, 5.74) is 10.2. The van der Waals surface area contributed by atoms with Gasteiger partial charge >= 0.3 is 19.8 Å². The van der Waals surface area contributed by atoms with Gasteiger partial charge < -0.3 is 40.9 Å². The molecule has 0 aliphatic carbocycles. The maximum Gasteiger partial charge on any atom is 0.469 e. The highest BCUT2D eigenvalue weighted by Crippen LogP contribution is 2.37. The molecular weight excluding hydrogens is 429 g/mol. The number of primary amides is 1. The summed E-state index contributed by atoms with van der Waals surface area (Å²) >= 11 is 0. The Kier molecular flexibility index (Phi) is 7.74. The molecule has 14 nitrogen and oxygen atoms in total. The zero-order chi connectivity index (χ0) is 22.6. The first-order valence-corrected chi connectivity index (χ1v) is 9.94. The van der Waals surface area contributed by atoms with E-state index in [2.05, 4.69) is 9.26 Å². The molecule has 1 amide bonds. The number of hydrogen-bond acceptors (Lipinski definition) is 10. The molecule has 1 aromatic heterocycles. The second kappa shape index (κ2) is 9.68. The summed E-state index contributed by atoms with van der Waals surface area (Å²) in [6.07, 6.45) is -3.60. The molecule has 166 valence electrons. The maximum absolute atomic E-state index is 12.1. The van der Waals surface area contributed by atoms with Crippen LogP contribution in [0.3, 0.4) is 0 Å². The zero-order valence-corrected chi connectivity index (χ0v) is 16.2. The standard InChI is InChI=1S/C15H20N3O11P/c16-8(4-10(17)19)15(23)29-14(22)7-2-1-3-18(5-7)13-12(21)11(20)9(28-13)6-27-30(24,25)26/h1-3,5,8-9,11-13,20-21H,4,6,16H2,(H3-,17,19,24,25,26)/p+1/t8-,9+,11+,12+,13+/m0/s1. The van der Waals surface area contributed by atoms with Crippen molar-refractivity contribution in [3.05, 3.63) is 30.1 Å². The lowest BCUT2D eigenvalue weighted by Crippen LogP contribution is -2.46. The number of aromatic nitrogens is 1. The number of phosphoric ester groups is 1. The van der Waals surface area contributed by atoms with Crippen molar-refractivity contribution in [1.29, 1.82) is 0 Å². The molecule has 5 atom stereocenters. The molecule has 30 heavy (non-hydrogen) atoms. The third-order valence-electron chi connectivity index (χ3n) is 4.01. The molecule has 0 unspecified atom stereocenters. The fraction of sp³-hybridized carbons (Fsp3) is 0.467. The van der Waals surface area contributed by atoms with Gasteiger partial charge in [0.2, 0.25) is 5.91 Å². The Bertz CT molecular complexity index is 860. The summed E-state index contributed by atoms with van der Waals surface area (Å²) in [4.78, 5) is 52.1. The van der Waals surface area contributed by atoms with Gasteiger partial charge in [-0.3, -0.25) is 9.32 Å². The van der Waals surface area contributed by atoms with Gasteiger partial charge in [0, 0.05) is 6.07 Å². The number of amides is 1. The number of phosphoric acid groups is 1. The summed E-state index contributed by atoms with van der Waals surface area (Å²) in [6, 6.07) is 1.21. The largest absolute Gasteiger partial charge is 0.469 e. The Balaban J connectivity index is 2.09. The van der Waals surface area contributed by atoms with Crippen LogP contribution in [0.15, 0.2) is 24.5 Å². The van der Waals surface area contributed by atoms with Gasteiger partial charge in [-0.15, -0.1) is 0 Å². The van der Waals surface area contributed by atoms with Crippen LogP contribution in [-0.2, 0) is 28.2 Å². The minimum absolute atomic E-state index is 0.155. The van der Waals surface area contributed by atoms with Gasteiger partial charge in [-0.2, -0.15) is 4.57 Å². The summed E-state index contributed by atoms with van der Waals surface area (Å²) in [5.74, 6) is -3.13. The van der Waals surface area contributed by atoms with E-state index in [1.165, 1.54) is 22.9 Å². The van der Waals surface area contributed by atoms with Gasteiger partial charge in [-0.25, -0.2) is 14.2 Å². The minimum atomic E-state index is -4.82. The second-order valence-electron chi connectivity index (χ2n) is 6.36. The van der Waals surface area contributed by atoms with Crippen molar-refractivity contribution in [1.82, 2.24) is 0 Å². The molecule has 1 fully saturated rings. The number of aliphatic hydroxyl groups excluding tert-OH is 2. The van der Waals surface area contributed by atoms with Gasteiger partial charge in [-0.05, 0) is 6.07 Å². The fourth-order valence-corrected chi connectivity index (χ4v) is 2.92. The molecule has 1 aliphatic rings. The highest BCUT2D eigenvalue weighted by atomic mass is 31.2. The molecule has 2 heterocycles. The van der Waals surface area contributed by atoms with Crippen LogP contribution in [0, 0.1) is 0 Å². The van der Waals surface area contributed by atoms with Gasteiger partial charge in [0.1, 0.15) is 23.8 Å². The van der Waals surface area contributed by atoms with Crippen molar-refractivity contribution in [3.63, 3.8) is 0 Å². The topological polar surface area (TPSA) is 233 Å². The Morgan fingerprint density at radius 1 is 1.27 bits per heavy atom. The molecule has 1 aromatic rings. The van der Waals surface area contributed by atoms with Crippen molar-refractivity contribution in [2.75, 3.05) is 6.61 Å². The molecule has 0 aromatic carbocycles. The predicted octanol–water partition coefficient (Wildman–Crippen LogP) is -3.41. The molecule has 15 heteroatoms. The van der Waals surface area contributed by atoms with Crippen molar-refractivity contribution in [3.8, 4) is 0 Å². The molecular formula is C15H21N3O11P+. The first kappa shape index (κ1) is 24.0. The first-order valence-electron chi connectivity index (χ1n) is 8.41. The van der Waals surface area contributed by atoms with E-state index in [1.807, 2.05) is 0 Å². The van der Waals surface area contributed by atoms with E-state index in [0.717, 1.165) is 6.20 Å². The van der Waals surface area contributed by atoms with Gasteiger partial charge in [-0.1, -0.05) is 0 Å². The quantitative estimate of drug-likeness (QED) is 0.0984. The average molecular weight is 450 g/mol. The van der Waals surface area contributed by atoms with E-state index in [0.29, 0.717) is 0 Å². The number of esters is 2. The van der Waals surface area contributed by atoms with E-state index < -0.39 is 69.3 Å². The molecule has 0 saturated carbocycles. The Morgan fingerprint density at radius 3 is 2.53 bits per heavy atom. The lowest BCUT2D eigenvalue weighted by molar-refractivity contribution is -0.765. The highest BCUT2D eigenvalue weighted by molar-refractivity contribution is 7.46. The molecule has 0 bridgehead atoms. The van der Waals surface area contributed by atoms with E-state index in [4.69, 9.17) is 26.0 Å². The Hall–Kier alpha value is -2.29. The molecule has 2 rings (SSSR count). The first-order chi connectivity index (χ1) is 13.9. The van der Waals surface area contributed by atoms with Crippen molar-refractivity contribution >= 4 is 25.7 Å². The molecule has 1 saturated heterocycles. The Labute approximate surface area is 169 Å². The van der Waals surface area contributed by atoms with Gasteiger partial charge in [0.25, 0.3) is 6.23 Å². The number of carbonyl (C=O) groups is 3. The number of nitrogens with zero attached hydrogens (tertiary/aromatic N) is 1. The fourth-order valence-electron chi connectivity index (χ4n) is 2.58. The lowest BCUT2D eigenvalue weighted by atomic mass is 10.1. The van der Waals surface area contributed by atoms with Gasteiger partial charge in [0.15, 0.2) is 18.5 Å². The van der Waals surface area contributed by atoms with Crippen LogP contribution in [0.2, 0.25) is 0 Å². The summed E-state index contributed by atoms with van der Waals surface area (Å²) in [7, 11) is -4.82. The number of aliphatic hydroxyl groups is 2. The summed E-state index contributed by atoms with van der Waals surface area (Å²) in [5, 5.41) is 20.2. The second-order valence-corrected chi connectivity index (χ2v) is 7.60. The number of pyridine rings is 1. The van der Waals surface area contributed by atoms with Crippen LogP contribution in [-0.4, -0.2) is 68.8 Å². The summed E-state index contributed by atoms with van der Waals surface area (Å²) < 4.78 is 26.2. The van der Waals surface area contributed by atoms with Crippen molar-refractivity contribution in [2.45, 2.75) is 37.0 Å². The third kappa shape index (κ3) is 6.35. The molecule has 1 aliphatic heterocycles. The number of hydrogen-bond donors (Lipinski definition) is 6. The molecule has 0 spiro atoms. The van der Waals surface area contributed by atoms with E-state index in [-0.39, 0.29) is 5.56 Å². The van der Waals surface area contributed by atoms with Crippen LogP contribution in [0.25, 0.3) is 0 Å². The maximum atomic E-state index is 12.1. The zero-order valence-electron chi connectivity index (χ0n) is 15.3. The van der Waals surface area contributed by atoms with E-state index in [9.17, 15) is 29.2 Å². The smallest absolute Gasteiger partial charge is 0.388 e. The molecule has 0 radical (unpaired) electrons. The highest BCUT2D eigenvalue weighted by Gasteiger charge is 2.49. The van der Waals surface area contributed by atoms with E-state index >= 15 is 0 Å².